The number of guanidine groups is 1. The van der Waals surface area contributed by atoms with Crippen molar-refractivity contribution >= 4 is 34.8 Å². The van der Waals surface area contributed by atoms with Gasteiger partial charge in [-0.05, 0) is 73.6 Å². The molecule has 5 rings (SSSR count). The number of carboxylic acids is 1. The lowest BCUT2D eigenvalue weighted by Gasteiger charge is -2.30. The van der Waals surface area contributed by atoms with Crippen LogP contribution in [0.2, 0.25) is 0 Å². The molecule has 1 atom stereocenters. The summed E-state index contributed by atoms with van der Waals surface area (Å²) in [5.74, 6) is -1.41. The zero-order chi connectivity index (χ0) is 29.1. The molecule has 0 aliphatic carbocycles. The van der Waals surface area contributed by atoms with Gasteiger partial charge in [0.15, 0.2) is 12.0 Å². The van der Waals surface area contributed by atoms with E-state index in [0.29, 0.717) is 42.3 Å². The lowest BCUT2D eigenvalue weighted by Crippen LogP contribution is -2.45. The highest BCUT2D eigenvalue weighted by Gasteiger charge is 2.29. The minimum atomic E-state index is -1.28. The number of carbonyl (C=O) groups excluding carboxylic acids is 2. The summed E-state index contributed by atoms with van der Waals surface area (Å²) in [5, 5.41) is 24.8. The van der Waals surface area contributed by atoms with Crippen LogP contribution in [0.25, 0.3) is 11.1 Å². The molecule has 1 aromatic carbocycles. The van der Waals surface area contributed by atoms with Crippen molar-refractivity contribution in [2.24, 2.45) is 4.99 Å². The Labute approximate surface area is 236 Å². The van der Waals surface area contributed by atoms with Crippen molar-refractivity contribution in [3.05, 3.63) is 64.0 Å². The number of amides is 2. The van der Waals surface area contributed by atoms with Gasteiger partial charge in [0.25, 0.3) is 11.8 Å². The highest BCUT2D eigenvalue weighted by molar-refractivity contribution is 6.00. The Kier molecular flexibility index (Phi) is 7.87. The van der Waals surface area contributed by atoms with Crippen LogP contribution in [0.15, 0.2) is 39.9 Å². The Balaban J connectivity index is 1.32. The van der Waals surface area contributed by atoms with Crippen molar-refractivity contribution in [3.8, 4) is 6.19 Å². The summed E-state index contributed by atoms with van der Waals surface area (Å²) in [6.45, 7) is 5.68. The fourth-order valence-corrected chi connectivity index (χ4v) is 5.58. The van der Waals surface area contributed by atoms with Crippen LogP contribution in [-0.4, -0.2) is 75.9 Å². The monoisotopic (exact) mass is 557 g/mol. The molecule has 12 nitrogen and oxygen atoms in total. The van der Waals surface area contributed by atoms with Crippen LogP contribution in [-0.2, 0) is 17.8 Å². The first-order valence-electron chi connectivity index (χ1n) is 13.5. The van der Waals surface area contributed by atoms with Gasteiger partial charge in [0.2, 0.25) is 11.7 Å². The topological polar surface area (TPSA) is 164 Å². The second-order valence-corrected chi connectivity index (χ2v) is 10.3. The molecule has 2 amide bonds. The average molecular weight is 558 g/mol. The van der Waals surface area contributed by atoms with E-state index >= 15 is 0 Å². The molecule has 2 aliphatic heterocycles. The molecule has 41 heavy (non-hydrogen) atoms. The molecule has 1 fully saturated rings. The minimum absolute atomic E-state index is 0.223. The molecule has 12 heteroatoms. The van der Waals surface area contributed by atoms with Crippen molar-refractivity contribution in [2.45, 2.75) is 45.7 Å². The molecule has 0 bridgehead atoms. The largest absolute Gasteiger partial charge is 0.480 e. The lowest BCUT2D eigenvalue weighted by atomic mass is 9.88. The SMILES string of the molecule is Cc1cc2c(c(C)c1C(=O)NC(CN=C(NC#N)N1CCCC1)C(=O)O)CCN(C(=O)c1cc3cccnc3o1)C2. The maximum absolute atomic E-state index is 13.4. The predicted octanol–water partition coefficient (Wildman–Crippen LogP) is 2.35. The third-order valence-corrected chi connectivity index (χ3v) is 7.61. The molecule has 3 aromatic rings. The molecule has 1 unspecified atom stereocenters. The van der Waals surface area contributed by atoms with Crippen LogP contribution in [0.4, 0.5) is 0 Å². The molecule has 0 radical (unpaired) electrons. The smallest absolute Gasteiger partial charge is 0.328 e. The van der Waals surface area contributed by atoms with Crippen LogP contribution >= 0.6 is 0 Å². The lowest BCUT2D eigenvalue weighted by molar-refractivity contribution is -0.138. The van der Waals surface area contributed by atoms with Gasteiger partial charge in [0.05, 0.1) is 6.54 Å². The second kappa shape index (κ2) is 11.7. The minimum Gasteiger partial charge on any atom is -0.480 e. The van der Waals surface area contributed by atoms with Crippen molar-refractivity contribution in [1.29, 1.82) is 5.26 Å². The van der Waals surface area contributed by atoms with E-state index in [0.717, 1.165) is 48.0 Å². The van der Waals surface area contributed by atoms with Crippen molar-refractivity contribution in [1.82, 2.24) is 25.4 Å². The van der Waals surface area contributed by atoms with Gasteiger partial charge in [-0.25, -0.2) is 14.8 Å². The summed E-state index contributed by atoms with van der Waals surface area (Å²) >= 11 is 0. The number of nitrogens with one attached hydrogen (secondary N) is 2. The molecule has 2 aliphatic rings. The van der Waals surface area contributed by atoms with Gasteiger partial charge in [-0.3, -0.25) is 14.9 Å². The van der Waals surface area contributed by atoms with E-state index in [1.54, 1.807) is 30.2 Å². The van der Waals surface area contributed by atoms with Crippen molar-refractivity contribution in [3.63, 3.8) is 0 Å². The molecule has 1 saturated heterocycles. The summed E-state index contributed by atoms with van der Waals surface area (Å²) < 4.78 is 5.67. The number of benzene rings is 1. The van der Waals surface area contributed by atoms with Crippen molar-refractivity contribution in [2.75, 3.05) is 26.2 Å². The highest BCUT2D eigenvalue weighted by Crippen LogP contribution is 2.29. The Morgan fingerprint density at radius 1 is 1.20 bits per heavy atom. The Hall–Kier alpha value is -4.92. The Bertz CT molecular complexity index is 1550. The highest BCUT2D eigenvalue weighted by atomic mass is 16.4. The third kappa shape index (κ3) is 5.70. The van der Waals surface area contributed by atoms with E-state index in [1.807, 2.05) is 30.1 Å². The first kappa shape index (κ1) is 27.6. The maximum Gasteiger partial charge on any atom is 0.328 e. The van der Waals surface area contributed by atoms with Crippen LogP contribution in [0.3, 0.4) is 0 Å². The van der Waals surface area contributed by atoms with Crippen LogP contribution < -0.4 is 10.6 Å². The zero-order valence-corrected chi connectivity index (χ0v) is 22.9. The van der Waals surface area contributed by atoms with E-state index in [2.05, 4.69) is 20.6 Å². The number of aliphatic carboxylic acids is 1. The quantitative estimate of drug-likeness (QED) is 0.179. The fourth-order valence-electron chi connectivity index (χ4n) is 5.58. The molecule has 0 saturated carbocycles. The first-order chi connectivity index (χ1) is 19.8. The predicted molar refractivity (Wildman–Crippen MR) is 149 cm³/mol. The Morgan fingerprint density at radius 2 is 1.98 bits per heavy atom. The van der Waals surface area contributed by atoms with Crippen LogP contribution in [0, 0.1) is 25.3 Å². The summed E-state index contributed by atoms with van der Waals surface area (Å²) in [4.78, 5) is 50.6. The molecule has 4 heterocycles. The first-order valence-corrected chi connectivity index (χ1v) is 13.5. The molecule has 2 aromatic heterocycles. The number of fused-ring (bicyclic) bond motifs is 2. The zero-order valence-electron chi connectivity index (χ0n) is 22.9. The number of carbonyl (C=O) groups is 3. The second-order valence-electron chi connectivity index (χ2n) is 10.3. The average Bonchev–Trinajstić information content (AvgIpc) is 3.64. The standard InChI is InChI=1S/C29H31N7O5/c1-17-12-20-15-36(27(38)23-13-19-6-5-8-31-26(19)41-23)11-7-21(20)18(2)24(17)25(37)34-22(28(39)40)14-32-29(33-16-30)35-9-3-4-10-35/h5-6,8,12-13,22H,3-4,7,9-11,14-15H2,1-2H3,(H,32,33)(H,34,37)(H,39,40). The summed E-state index contributed by atoms with van der Waals surface area (Å²) in [5.41, 5.74) is 4.16. The summed E-state index contributed by atoms with van der Waals surface area (Å²) in [6.07, 6.45) is 5.92. The van der Waals surface area contributed by atoms with Gasteiger partial charge in [-0.2, -0.15) is 5.26 Å². The molecular weight excluding hydrogens is 526 g/mol. The molecule has 212 valence electrons. The number of nitrogens with zero attached hydrogens (tertiary/aromatic N) is 5. The van der Waals surface area contributed by atoms with E-state index < -0.39 is 17.9 Å². The number of aryl methyl sites for hydroxylation is 1. The van der Waals surface area contributed by atoms with Gasteiger partial charge in [-0.1, -0.05) is 6.07 Å². The number of hydrogen-bond acceptors (Lipinski definition) is 7. The normalized spacial score (nSPS) is 15.8. The molecule has 0 spiro atoms. The van der Waals surface area contributed by atoms with Gasteiger partial charge >= 0.3 is 5.97 Å². The summed E-state index contributed by atoms with van der Waals surface area (Å²) in [6, 6.07) is 5.92. The van der Waals surface area contributed by atoms with Gasteiger partial charge < -0.3 is 24.6 Å². The number of pyridine rings is 1. The van der Waals surface area contributed by atoms with Crippen molar-refractivity contribution < 1.29 is 23.9 Å². The number of likely N-dealkylation sites (tertiary alicyclic amines) is 1. The number of aromatic nitrogens is 1. The van der Waals surface area contributed by atoms with Gasteiger partial charge in [0.1, 0.15) is 6.04 Å². The summed E-state index contributed by atoms with van der Waals surface area (Å²) in [7, 11) is 0. The van der Waals surface area contributed by atoms with Crippen LogP contribution in [0.5, 0.6) is 0 Å². The Morgan fingerprint density at radius 3 is 2.68 bits per heavy atom. The number of furan rings is 1. The molecule has 3 N–H and O–H groups in total. The number of hydrogen-bond donors (Lipinski definition) is 3. The fraction of sp³-hybridized carbons (Fsp3) is 0.379. The van der Waals surface area contributed by atoms with E-state index in [-0.39, 0.29) is 18.2 Å². The van der Waals surface area contributed by atoms with E-state index in [9.17, 15) is 19.5 Å². The maximum atomic E-state index is 13.4. The van der Waals surface area contributed by atoms with E-state index in [4.69, 9.17) is 9.68 Å². The molecular formula is C29H31N7O5. The number of rotatable bonds is 6. The number of carboxylic acid groups (broad SMARTS) is 1. The van der Waals surface area contributed by atoms with E-state index in [1.165, 1.54) is 0 Å². The number of nitriles is 1. The number of aliphatic imine (C=N–C) groups is 1. The van der Waals surface area contributed by atoms with Crippen LogP contribution in [0.1, 0.15) is 56.0 Å². The third-order valence-electron chi connectivity index (χ3n) is 7.61. The van der Waals surface area contributed by atoms with Gasteiger partial charge in [-0.15, -0.1) is 0 Å². The van der Waals surface area contributed by atoms with Gasteiger partial charge in [0, 0.05) is 43.3 Å².